The average molecular weight is 334 g/mol. The van der Waals surface area contributed by atoms with Crippen LogP contribution in [0.1, 0.15) is 41.6 Å². The molecule has 1 amide bonds. The SMILES string of the molecule is Cc1cc(S(=O)(=O)Cl)cc(C(=O)NCCCC2CC2)c1F. The molecule has 0 saturated heterocycles. The molecule has 0 unspecified atom stereocenters. The van der Waals surface area contributed by atoms with E-state index in [1.807, 2.05) is 0 Å². The van der Waals surface area contributed by atoms with E-state index >= 15 is 0 Å². The van der Waals surface area contributed by atoms with Crippen LogP contribution in [0.15, 0.2) is 17.0 Å². The van der Waals surface area contributed by atoms with Crippen molar-refractivity contribution in [2.24, 2.45) is 5.92 Å². The van der Waals surface area contributed by atoms with Gasteiger partial charge in [-0.05, 0) is 43.4 Å². The minimum Gasteiger partial charge on any atom is -0.352 e. The normalized spacial score (nSPS) is 15.0. The van der Waals surface area contributed by atoms with E-state index in [-0.39, 0.29) is 16.0 Å². The van der Waals surface area contributed by atoms with Crippen LogP contribution in [0.5, 0.6) is 0 Å². The number of carbonyl (C=O) groups excluding carboxylic acids is 1. The zero-order valence-electron chi connectivity index (χ0n) is 11.7. The molecule has 4 nitrogen and oxygen atoms in total. The van der Waals surface area contributed by atoms with Crippen molar-refractivity contribution in [3.63, 3.8) is 0 Å². The number of nitrogens with one attached hydrogen (secondary N) is 1. The molecule has 1 aromatic carbocycles. The largest absolute Gasteiger partial charge is 0.352 e. The van der Waals surface area contributed by atoms with E-state index in [0.717, 1.165) is 30.9 Å². The molecule has 0 aromatic heterocycles. The van der Waals surface area contributed by atoms with Gasteiger partial charge in [0.1, 0.15) is 5.82 Å². The van der Waals surface area contributed by atoms with E-state index in [9.17, 15) is 17.6 Å². The number of aryl methyl sites for hydroxylation is 1. The summed E-state index contributed by atoms with van der Waals surface area (Å²) in [6, 6.07) is 2.09. The summed E-state index contributed by atoms with van der Waals surface area (Å²) in [7, 11) is 1.25. The maximum Gasteiger partial charge on any atom is 0.261 e. The van der Waals surface area contributed by atoms with Crippen molar-refractivity contribution in [1.82, 2.24) is 5.32 Å². The highest BCUT2D eigenvalue weighted by Crippen LogP contribution is 2.33. The Morgan fingerprint density at radius 1 is 1.43 bits per heavy atom. The molecule has 0 radical (unpaired) electrons. The van der Waals surface area contributed by atoms with Crippen molar-refractivity contribution in [1.29, 1.82) is 0 Å². The summed E-state index contributed by atoms with van der Waals surface area (Å²) in [6.07, 6.45) is 4.39. The number of carbonyl (C=O) groups is 1. The van der Waals surface area contributed by atoms with Gasteiger partial charge in [-0.3, -0.25) is 4.79 Å². The first-order chi connectivity index (χ1) is 9.79. The quantitative estimate of drug-likeness (QED) is 0.643. The summed E-state index contributed by atoms with van der Waals surface area (Å²) in [6.45, 7) is 1.84. The van der Waals surface area contributed by atoms with E-state index in [1.54, 1.807) is 0 Å². The van der Waals surface area contributed by atoms with Crippen molar-refractivity contribution < 1.29 is 17.6 Å². The highest BCUT2D eigenvalue weighted by molar-refractivity contribution is 8.13. The highest BCUT2D eigenvalue weighted by atomic mass is 35.7. The minimum atomic E-state index is -4.00. The van der Waals surface area contributed by atoms with Crippen LogP contribution in [0.3, 0.4) is 0 Å². The van der Waals surface area contributed by atoms with Gasteiger partial charge in [0, 0.05) is 17.2 Å². The van der Waals surface area contributed by atoms with E-state index in [0.29, 0.717) is 6.54 Å². The van der Waals surface area contributed by atoms with Crippen LogP contribution in [0.25, 0.3) is 0 Å². The van der Waals surface area contributed by atoms with Gasteiger partial charge in [-0.25, -0.2) is 12.8 Å². The molecule has 0 bridgehead atoms. The van der Waals surface area contributed by atoms with Crippen LogP contribution in [-0.4, -0.2) is 20.9 Å². The molecular formula is C14H17ClFNO3S. The Morgan fingerprint density at radius 3 is 2.67 bits per heavy atom. The number of hydrogen-bond donors (Lipinski definition) is 1. The van der Waals surface area contributed by atoms with E-state index < -0.39 is 20.8 Å². The fraction of sp³-hybridized carbons (Fsp3) is 0.500. The fourth-order valence-electron chi connectivity index (χ4n) is 2.14. The van der Waals surface area contributed by atoms with Gasteiger partial charge < -0.3 is 5.32 Å². The van der Waals surface area contributed by atoms with Crippen LogP contribution in [0.2, 0.25) is 0 Å². The second-order valence-corrected chi connectivity index (χ2v) is 7.95. The first-order valence-corrected chi connectivity index (χ1v) is 9.13. The fourth-order valence-corrected chi connectivity index (χ4v) is 2.98. The molecule has 1 aliphatic rings. The molecule has 0 heterocycles. The monoisotopic (exact) mass is 333 g/mol. The summed E-state index contributed by atoms with van der Waals surface area (Å²) in [5.74, 6) is -0.571. The third-order valence-corrected chi connectivity index (χ3v) is 4.86. The van der Waals surface area contributed by atoms with Crippen molar-refractivity contribution >= 4 is 25.6 Å². The molecule has 21 heavy (non-hydrogen) atoms. The first kappa shape index (κ1) is 16.2. The van der Waals surface area contributed by atoms with Crippen LogP contribution in [0, 0.1) is 18.7 Å². The molecule has 1 aromatic rings. The van der Waals surface area contributed by atoms with Gasteiger partial charge in [-0.15, -0.1) is 0 Å². The second-order valence-electron chi connectivity index (χ2n) is 5.38. The lowest BCUT2D eigenvalue weighted by molar-refractivity contribution is 0.0948. The lowest BCUT2D eigenvalue weighted by atomic mass is 10.1. The van der Waals surface area contributed by atoms with Gasteiger partial charge >= 0.3 is 0 Å². The molecule has 1 saturated carbocycles. The van der Waals surface area contributed by atoms with Crippen LogP contribution in [-0.2, 0) is 9.05 Å². The predicted octanol–water partition coefficient (Wildman–Crippen LogP) is 2.98. The van der Waals surface area contributed by atoms with Gasteiger partial charge in [0.2, 0.25) is 0 Å². The van der Waals surface area contributed by atoms with E-state index in [1.165, 1.54) is 19.8 Å². The maximum absolute atomic E-state index is 14.0. The molecule has 0 spiro atoms. The summed E-state index contributed by atoms with van der Waals surface area (Å²) in [5.41, 5.74) is -0.222. The number of amides is 1. The summed E-state index contributed by atoms with van der Waals surface area (Å²) >= 11 is 0. The Morgan fingerprint density at radius 2 is 2.10 bits per heavy atom. The molecule has 1 fully saturated rings. The minimum absolute atomic E-state index is 0.0693. The van der Waals surface area contributed by atoms with Crippen LogP contribution >= 0.6 is 10.7 Å². The van der Waals surface area contributed by atoms with Gasteiger partial charge in [-0.1, -0.05) is 12.8 Å². The Balaban J connectivity index is 2.09. The lowest BCUT2D eigenvalue weighted by Crippen LogP contribution is -2.26. The van der Waals surface area contributed by atoms with Crippen molar-refractivity contribution in [3.05, 3.63) is 29.1 Å². The third-order valence-electron chi connectivity index (χ3n) is 3.53. The zero-order chi connectivity index (χ0) is 15.6. The molecule has 7 heteroatoms. The van der Waals surface area contributed by atoms with E-state index in [4.69, 9.17) is 10.7 Å². The van der Waals surface area contributed by atoms with Crippen molar-refractivity contribution in [2.75, 3.05) is 6.54 Å². The standard InChI is InChI=1S/C14H17ClFNO3S/c1-9-7-11(21(15,19)20)8-12(13(9)16)14(18)17-6-2-3-10-4-5-10/h7-8,10H,2-6H2,1H3,(H,17,18). The number of benzene rings is 1. The van der Waals surface area contributed by atoms with Crippen LogP contribution < -0.4 is 5.32 Å². The molecule has 1 aliphatic carbocycles. The average Bonchev–Trinajstić information content (AvgIpc) is 3.20. The number of rotatable bonds is 6. The van der Waals surface area contributed by atoms with Crippen molar-refractivity contribution in [3.8, 4) is 0 Å². The van der Waals surface area contributed by atoms with Gasteiger partial charge in [0.25, 0.3) is 15.0 Å². The Bertz CT molecular complexity index is 656. The molecule has 0 aliphatic heterocycles. The van der Waals surface area contributed by atoms with Gasteiger partial charge in [-0.2, -0.15) is 0 Å². The summed E-state index contributed by atoms with van der Waals surface area (Å²) < 4.78 is 36.6. The Hall–Kier alpha value is -1.14. The lowest BCUT2D eigenvalue weighted by Gasteiger charge is -2.09. The second kappa shape index (κ2) is 6.32. The first-order valence-electron chi connectivity index (χ1n) is 6.82. The smallest absolute Gasteiger partial charge is 0.261 e. The number of halogens is 2. The highest BCUT2D eigenvalue weighted by Gasteiger charge is 2.22. The van der Waals surface area contributed by atoms with Gasteiger partial charge in [0.15, 0.2) is 0 Å². The van der Waals surface area contributed by atoms with Crippen LogP contribution in [0.4, 0.5) is 4.39 Å². The Labute approximate surface area is 128 Å². The molecule has 1 N–H and O–H groups in total. The summed E-state index contributed by atoms with van der Waals surface area (Å²) in [5, 5.41) is 2.61. The third kappa shape index (κ3) is 4.41. The number of hydrogen-bond acceptors (Lipinski definition) is 3. The zero-order valence-corrected chi connectivity index (χ0v) is 13.2. The molecular weight excluding hydrogens is 317 g/mol. The molecule has 0 atom stereocenters. The molecule has 116 valence electrons. The maximum atomic E-state index is 14.0. The summed E-state index contributed by atoms with van der Waals surface area (Å²) in [4.78, 5) is 11.7. The van der Waals surface area contributed by atoms with E-state index in [2.05, 4.69) is 5.32 Å². The topological polar surface area (TPSA) is 63.2 Å². The predicted molar refractivity (Wildman–Crippen MR) is 78.5 cm³/mol. The Kier molecular flexibility index (Phi) is 4.88. The van der Waals surface area contributed by atoms with Crippen molar-refractivity contribution in [2.45, 2.75) is 37.5 Å². The molecule has 2 rings (SSSR count). The van der Waals surface area contributed by atoms with Gasteiger partial charge in [0.05, 0.1) is 10.5 Å².